The van der Waals surface area contributed by atoms with Crippen LogP contribution in [-0.2, 0) is 6.42 Å². The molecule has 0 heterocycles. The molecule has 0 saturated heterocycles. The Kier molecular flexibility index (Phi) is 9.02. The van der Waals surface area contributed by atoms with E-state index in [0.717, 1.165) is 25.3 Å². The van der Waals surface area contributed by atoms with Crippen molar-refractivity contribution < 1.29 is 4.74 Å². The van der Waals surface area contributed by atoms with Crippen LogP contribution in [0.2, 0.25) is 0 Å². The molecule has 0 amide bonds. The molecule has 0 saturated carbocycles. The van der Waals surface area contributed by atoms with Crippen LogP contribution in [0, 0.1) is 13.8 Å². The molecule has 0 fully saturated rings. The van der Waals surface area contributed by atoms with Crippen LogP contribution in [0.4, 0.5) is 0 Å². The largest absolute Gasteiger partial charge is 0.496 e. The van der Waals surface area contributed by atoms with Crippen molar-refractivity contribution in [3.05, 3.63) is 27.2 Å². The third-order valence-electron chi connectivity index (χ3n) is 3.95. The second-order valence-electron chi connectivity index (χ2n) is 5.73. The van der Waals surface area contributed by atoms with E-state index in [-0.39, 0.29) is 0 Å². The molecule has 3 heteroatoms. The first-order valence-electron chi connectivity index (χ1n) is 8.15. The lowest BCUT2D eigenvalue weighted by Crippen LogP contribution is -2.15. The zero-order valence-electron chi connectivity index (χ0n) is 14.0. The van der Waals surface area contributed by atoms with Gasteiger partial charge in [0.25, 0.3) is 0 Å². The Labute approximate surface area is 138 Å². The summed E-state index contributed by atoms with van der Waals surface area (Å²) in [5.41, 5.74) is 3.91. The highest BCUT2D eigenvalue weighted by Crippen LogP contribution is 2.33. The molecule has 120 valence electrons. The molecule has 1 aromatic rings. The predicted octanol–water partition coefficient (Wildman–Crippen LogP) is 5.18. The summed E-state index contributed by atoms with van der Waals surface area (Å²) in [6.45, 7) is 8.81. The number of ether oxygens (including phenoxy) is 1. The van der Waals surface area contributed by atoms with E-state index in [1.165, 1.54) is 53.3 Å². The van der Waals surface area contributed by atoms with Crippen molar-refractivity contribution >= 4 is 15.9 Å². The Balaban J connectivity index is 2.41. The second kappa shape index (κ2) is 10.2. The van der Waals surface area contributed by atoms with Gasteiger partial charge >= 0.3 is 0 Å². The molecule has 0 aliphatic carbocycles. The Morgan fingerprint density at radius 2 is 1.81 bits per heavy atom. The molecule has 0 unspecified atom stereocenters. The van der Waals surface area contributed by atoms with Gasteiger partial charge in [0.05, 0.1) is 7.11 Å². The van der Waals surface area contributed by atoms with Crippen LogP contribution in [0.25, 0.3) is 0 Å². The van der Waals surface area contributed by atoms with Crippen LogP contribution in [0.3, 0.4) is 0 Å². The molecule has 1 N–H and O–H groups in total. The van der Waals surface area contributed by atoms with Crippen molar-refractivity contribution in [1.29, 1.82) is 0 Å². The van der Waals surface area contributed by atoms with Crippen molar-refractivity contribution in [3.8, 4) is 5.75 Å². The number of benzene rings is 1. The molecule has 2 nitrogen and oxygen atoms in total. The molecule has 21 heavy (non-hydrogen) atoms. The van der Waals surface area contributed by atoms with Gasteiger partial charge in [0.1, 0.15) is 5.75 Å². The van der Waals surface area contributed by atoms with Gasteiger partial charge in [-0.15, -0.1) is 0 Å². The SMILES string of the molecule is CCCNCCCCCCc1c(C)c(Br)cc(C)c1OC. The number of unbranched alkanes of at least 4 members (excludes halogenated alkanes) is 3. The lowest BCUT2D eigenvalue weighted by Gasteiger charge is -2.16. The number of halogens is 1. The zero-order chi connectivity index (χ0) is 15.7. The molecule has 0 aliphatic heterocycles. The van der Waals surface area contributed by atoms with Gasteiger partial charge in [-0.2, -0.15) is 0 Å². The summed E-state index contributed by atoms with van der Waals surface area (Å²) >= 11 is 3.65. The minimum absolute atomic E-state index is 1.07. The lowest BCUT2D eigenvalue weighted by atomic mass is 9.98. The molecule has 0 spiro atoms. The van der Waals surface area contributed by atoms with E-state index < -0.39 is 0 Å². The van der Waals surface area contributed by atoms with Crippen molar-refractivity contribution in [1.82, 2.24) is 5.32 Å². The Morgan fingerprint density at radius 1 is 1.10 bits per heavy atom. The number of hydrogen-bond donors (Lipinski definition) is 1. The van der Waals surface area contributed by atoms with E-state index in [4.69, 9.17) is 4.74 Å². The fourth-order valence-corrected chi connectivity index (χ4v) is 3.29. The predicted molar refractivity (Wildman–Crippen MR) is 95.5 cm³/mol. The third-order valence-corrected chi connectivity index (χ3v) is 4.77. The normalized spacial score (nSPS) is 10.9. The molecule has 1 rings (SSSR count). The average Bonchev–Trinajstić information content (AvgIpc) is 2.46. The maximum atomic E-state index is 5.60. The Morgan fingerprint density at radius 3 is 2.48 bits per heavy atom. The van der Waals surface area contributed by atoms with Gasteiger partial charge in [-0.25, -0.2) is 0 Å². The van der Waals surface area contributed by atoms with Crippen LogP contribution < -0.4 is 10.1 Å². The summed E-state index contributed by atoms with van der Waals surface area (Å²) in [5.74, 6) is 1.07. The first-order valence-corrected chi connectivity index (χ1v) is 8.94. The van der Waals surface area contributed by atoms with Gasteiger partial charge in [-0.1, -0.05) is 35.7 Å². The number of methoxy groups -OCH3 is 1. The summed E-state index contributed by atoms with van der Waals surface area (Å²) in [6, 6.07) is 2.15. The molecule has 0 aromatic heterocycles. The third kappa shape index (κ3) is 5.99. The average molecular weight is 356 g/mol. The van der Waals surface area contributed by atoms with E-state index >= 15 is 0 Å². The van der Waals surface area contributed by atoms with Gasteiger partial charge < -0.3 is 10.1 Å². The van der Waals surface area contributed by atoms with E-state index in [2.05, 4.69) is 48.1 Å². The maximum Gasteiger partial charge on any atom is 0.125 e. The van der Waals surface area contributed by atoms with Gasteiger partial charge in [0.2, 0.25) is 0 Å². The molecule has 0 radical (unpaired) electrons. The minimum atomic E-state index is 1.07. The van der Waals surface area contributed by atoms with Crippen LogP contribution in [0.1, 0.15) is 55.7 Å². The zero-order valence-corrected chi connectivity index (χ0v) is 15.6. The van der Waals surface area contributed by atoms with Crippen LogP contribution in [0.5, 0.6) is 5.75 Å². The first kappa shape index (κ1) is 18.5. The standard InChI is InChI=1S/C18H30BrNO/c1-5-11-20-12-9-7-6-8-10-16-15(3)17(19)13-14(2)18(16)21-4/h13,20H,5-12H2,1-4H3. The smallest absolute Gasteiger partial charge is 0.125 e. The van der Waals surface area contributed by atoms with Crippen LogP contribution in [0.15, 0.2) is 10.5 Å². The molecule has 0 atom stereocenters. The van der Waals surface area contributed by atoms with Gasteiger partial charge in [0.15, 0.2) is 0 Å². The Bertz CT molecular complexity index is 432. The molecule has 0 bridgehead atoms. The van der Waals surface area contributed by atoms with E-state index in [0.29, 0.717) is 0 Å². The number of hydrogen-bond acceptors (Lipinski definition) is 2. The second-order valence-corrected chi connectivity index (χ2v) is 6.58. The molecule has 1 aromatic carbocycles. The highest BCUT2D eigenvalue weighted by Gasteiger charge is 2.12. The minimum Gasteiger partial charge on any atom is -0.496 e. The summed E-state index contributed by atoms with van der Waals surface area (Å²) in [4.78, 5) is 0. The molecule has 0 aliphatic rings. The monoisotopic (exact) mass is 355 g/mol. The lowest BCUT2D eigenvalue weighted by molar-refractivity contribution is 0.405. The summed E-state index contributed by atoms with van der Waals surface area (Å²) in [5, 5.41) is 3.46. The maximum absolute atomic E-state index is 5.60. The van der Waals surface area contributed by atoms with E-state index in [1.807, 2.05) is 0 Å². The fraction of sp³-hybridized carbons (Fsp3) is 0.667. The summed E-state index contributed by atoms with van der Waals surface area (Å²) < 4.78 is 6.80. The fourth-order valence-electron chi connectivity index (χ4n) is 2.71. The highest BCUT2D eigenvalue weighted by atomic mass is 79.9. The van der Waals surface area contributed by atoms with Crippen molar-refractivity contribution in [2.45, 2.75) is 59.3 Å². The van der Waals surface area contributed by atoms with Gasteiger partial charge in [-0.3, -0.25) is 0 Å². The first-order chi connectivity index (χ1) is 10.1. The van der Waals surface area contributed by atoms with Crippen LogP contribution >= 0.6 is 15.9 Å². The molecular weight excluding hydrogens is 326 g/mol. The van der Waals surface area contributed by atoms with Crippen molar-refractivity contribution in [2.24, 2.45) is 0 Å². The molecular formula is C18H30BrNO. The number of aryl methyl sites for hydroxylation is 1. The van der Waals surface area contributed by atoms with Crippen molar-refractivity contribution in [2.75, 3.05) is 20.2 Å². The highest BCUT2D eigenvalue weighted by molar-refractivity contribution is 9.10. The quantitative estimate of drug-likeness (QED) is 0.584. The Hall–Kier alpha value is -0.540. The van der Waals surface area contributed by atoms with E-state index in [1.54, 1.807) is 7.11 Å². The van der Waals surface area contributed by atoms with Gasteiger partial charge in [0, 0.05) is 4.47 Å². The van der Waals surface area contributed by atoms with E-state index in [9.17, 15) is 0 Å². The summed E-state index contributed by atoms with van der Waals surface area (Å²) in [6.07, 6.45) is 7.46. The summed E-state index contributed by atoms with van der Waals surface area (Å²) in [7, 11) is 1.78. The van der Waals surface area contributed by atoms with Crippen LogP contribution in [-0.4, -0.2) is 20.2 Å². The number of nitrogens with one attached hydrogen (secondary N) is 1. The topological polar surface area (TPSA) is 21.3 Å². The van der Waals surface area contributed by atoms with Gasteiger partial charge in [-0.05, 0) is 75.4 Å². The van der Waals surface area contributed by atoms with Crippen molar-refractivity contribution in [3.63, 3.8) is 0 Å². The number of rotatable bonds is 10.